The summed E-state index contributed by atoms with van der Waals surface area (Å²) in [6, 6.07) is 19.5. The second-order valence-electron chi connectivity index (χ2n) is 8.48. The van der Waals surface area contributed by atoms with Gasteiger partial charge in [-0.15, -0.1) is 0 Å². The summed E-state index contributed by atoms with van der Waals surface area (Å²) in [4.78, 5) is 20.6. The molecule has 6 rings (SSSR count). The van der Waals surface area contributed by atoms with Gasteiger partial charge in [-0.3, -0.25) is 4.79 Å². The summed E-state index contributed by atoms with van der Waals surface area (Å²) in [5, 5.41) is 10.7. The molecule has 0 unspecified atom stereocenters. The average molecular weight is 475 g/mol. The van der Waals surface area contributed by atoms with E-state index < -0.39 is 0 Å². The molecule has 4 heterocycles. The first-order valence-electron chi connectivity index (χ1n) is 11.5. The average Bonchev–Trinajstić information content (AvgIpc) is 3.19. The third-order valence-corrected chi connectivity index (χ3v) is 6.10. The summed E-state index contributed by atoms with van der Waals surface area (Å²) >= 11 is 0. The predicted octanol–water partition coefficient (Wildman–Crippen LogP) is 5.61. The van der Waals surface area contributed by atoms with Crippen LogP contribution in [0.1, 0.15) is 11.3 Å². The van der Waals surface area contributed by atoms with E-state index >= 15 is 0 Å². The van der Waals surface area contributed by atoms with E-state index in [0.717, 1.165) is 44.8 Å². The summed E-state index contributed by atoms with van der Waals surface area (Å²) in [6.07, 6.45) is 4.80. The Morgan fingerprint density at radius 1 is 1.14 bits per heavy atom. The quantitative estimate of drug-likeness (QED) is 0.322. The van der Waals surface area contributed by atoms with Crippen LogP contribution in [0, 0.1) is 6.92 Å². The van der Waals surface area contributed by atoms with Crippen LogP contribution in [-0.2, 0) is 11.3 Å². The fourth-order valence-corrected chi connectivity index (χ4v) is 4.46. The molecule has 3 aromatic heterocycles. The number of hydrogen-bond donors (Lipinski definition) is 2. The Bertz CT molecular complexity index is 1640. The van der Waals surface area contributed by atoms with Crippen LogP contribution in [0.3, 0.4) is 0 Å². The number of aromatic nitrogens is 4. The highest BCUT2D eigenvalue weighted by atomic mass is 16.5. The first-order chi connectivity index (χ1) is 17.6. The van der Waals surface area contributed by atoms with E-state index in [1.807, 2.05) is 72.2 Å². The van der Waals surface area contributed by atoms with E-state index in [-0.39, 0.29) is 5.91 Å². The van der Waals surface area contributed by atoms with Gasteiger partial charge in [-0.2, -0.15) is 5.10 Å². The minimum Gasteiger partial charge on any atom is -0.439 e. The highest BCUT2D eigenvalue weighted by Crippen LogP contribution is 2.43. The number of pyridine rings is 1. The molecule has 8 heteroatoms. The van der Waals surface area contributed by atoms with E-state index in [4.69, 9.17) is 4.74 Å². The van der Waals surface area contributed by atoms with E-state index in [9.17, 15) is 4.79 Å². The van der Waals surface area contributed by atoms with E-state index in [1.165, 1.54) is 6.08 Å². The Morgan fingerprint density at radius 3 is 2.81 bits per heavy atom. The van der Waals surface area contributed by atoms with Gasteiger partial charge in [0.15, 0.2) is 5.82 Å². The van der Waals surface area contributed by atoms with E-state index in [1.54, 1.807) is 6.33 Å². The van der Waals surface area contributed by atoms with Crippen LogP contribution >= 0.6 is 0 Å². The van der Waals surface area contributed by atoms with Crippen molar-refractivity contribution in [3.05, 3.63) is 97.1 Å². The van der Waals surface area contributed by atoms with Crippen molar-refractivity contribution < 1.29 is 9.53 Å². The van der Waals surface area contributed by atoms with E-state index in [0.29, 0.717) is 23.9 Å². The lowest BCUT2D eigenvalue weighted by Crippen LogP contribution is -2.06. The molecule has 1 amide bonds. The fraction of sp³-hybridized carbons (Fsp3) is 0.0714. The molecule has 0 fully saturated rings. The largest absolute Gasteiger partial charge is 0.439 e. The Kier molecular flexibility index (Phi) is 5.19. The maximum atomic E-state index is 11.7. The van der Waals surface area contributed by atoms with Crippen molar-refractivity contribution in [2.75, 3.05) is 10.6 Å². The number of carbonyl (C=O) groups excluding carboxylic acids is 1. The van der Waals surface area contributed by atoms with Gasteiger partial charge in [-0.1, -0.05) is 30.8 Å². The molecule has 36 heavy (non-hydrogen) atoms. The van der Waals surface area contributed by atoms with Crippen LogP contribution in [0.4, 0.5) is 11.5 Å². The molecule has 0 saturated heterocycles. The minimum absolute atomic E-state index is 0.247. The molecule has 8 nitrogen and oxygen atoms in total. The lowest BCUT2D eigenvalue weighted by Gasteiger charge is -2.12. The van der Waals surface area contributed by atoms with Crippen LogP contribution in [0.2, 0.25) is 0 Å². The number of nitrogens with one attached hydrogen (secondary N) is 2. The first kappa shape index (κ1) is 21.5. The van der Waals surface area contributed by atoms with Crippen LogP contribution in [-0.4, -0.2) is 25.5 Å². The standard InChI is InChI=1S/C28H22N6O2/c1-3-24(35)33-20-9-7-18(8-10-20)23-15-34-27-26(23)22-12-11-21(36-25-6-4-5-17(2)32-25)13-19(22)14-29-28(27)30-16-31-34/h3-13,15-16H,1,14H2,2H3,(H,33,35)(H,29,30,31). The van der Waals surface area contributed by atoms with Crippen molar-refractivity contribution in [3.8, 4) is 33.9 Å². The summed E-state index contributed by atoms with van der Waals surface area (Å²) in [7, 11) is 0. The number of carbonyl (C=O) groups is 1. The number of ether oxygens (including phenoxy) is 1. The third kappa shape index (κ3) is 3.84. The summed E-state index contributed by atoms with van der Waals surface area (Å²) in [5.41, 5.74) is 7.69. The lowest BCUT2D eigenvalue weighted by atomic mass is 9.94. The van der Waals surface area contributed by atoms with Crippen molar-refractivity contribution in [1.82, 2.24) is 19.6 Å². The molecule has 0 saturated carbocycles. The minimum atomic E-state index is -0.247. The smallest absolute Gasteiger partial charge is 0.247 e. The number of rotatable bonds is 5. The number of amides is 1. The molecule has 1 aliphatic rings. The molecule has 0 atom stereocenters. The zero-order chi connectivity index (χ0) is 24.6. The van der Waals surface area contributed by atoms with Crippen molar-refractivity contribution in [3.63, 3.8) is 0 Å². The maximum Gasteiger partial charge on any atom is 0.247 e. The van der Waals surface area contributed by atoms with Crippen molar-refractivity contribution in [1.29, 1.82) is 0 Å². The maximum absolute atomic E-state index is 11.7. The molecule has 0 bridgehead atoms. The van der Waals surface area contributed by atoms with Gasteiger partial charge in [0.1, 0.15) is 17.6 Å². The zero-order valence-corrected chi connectivity index (χ0v) is 19.5. The van der Waals surface area contributed by atoms with Gasteiger partial charge in [0.05, 0.1) is 0 Å². The molecule has 0 spiro atoms. The Labute approximate surface area is 207 Å². The number of fused-ring (bicyclic) bond motifs is 2. The molecule has 2 aromatic carbocycles. The number of benzene rings is 2. The second-order valence-corrected chi connectivity index (χ2v) is 8.48. The number of anilines is 2. The van der Waals surface area contributed by atoms with Crippen LogP contribution < -0.4 is 15.4 Å². The normalized spacial score (nSPS) is 11.8. The molecule has 0 radical (unpaired) electrons. The molecular weight excluding hydrogens is 452 g/mol. The molecule has 0 aliphatic carbocycles. The van der Waals surface area contributed by atoms with Crippen LogP contribution in [0.15, 0.2) is 85.8 Å². The van der Waals surface area contributed by atoms with Gasteiger partial charge >= 0.3 is 0 Å². The topological polar surface area (TPSA) is 93.4 Å². The van der Waals surface area contributed by atoms with Gasteiger partial charge < -0.3 is 15.4 Å². The highest BCUT2D eigenvalue weighted by molar-refractivity contribution is 6.01. The monoisotopic (exact) mass is 474 g/mol. The van der Waals surface area contributed by atoms with Crippen LogP contribution in [0.5, 0.6) is 11.6 Å². The Morgan fingerprint density at radius 2 is 2.00 bits per heavy atom. The number of hydrogen-bond acceptors (Lipinski definition) is 6. The van der Waals surface area contributed by atoms with Crippen molar-refractivity contribution >= 4 is 22.9 Å². The van der Waals surface area contributed by atoms with Gasteiger partial charge in [-0.05, 0) is 60.0 Å². The molecular formula is C28H22N6O2. The van der Waals surface area contributed by atoms with Crippen molar-refractivity contribution in [2.45, 2.75) is 13.5 Å². The molecule has 1 aliphatic heterocycles. The highest BCUT2D eigenvalue weighted by Gasteiger charge is 2.24. The number of nitrogens with zero attached hydrogens (tertiary/aromatic N) is 4. The van der Waals surface area contributed by atoms with E-state index in [2.05, 4.69) is 38.3 Å². The van der Waals surface area contributed by atoms with Gasteiger partial charge in [0, 0.05) is 41.3 Å². The van der Waals surface area contributed by atoms with Gasteiger partial charge in [0.25, 0.3) is 0 Å². The third-order valence-electron chi connectivity index (χ3n) is 6.10. The SMILES string of the molecule is C=CC(=O)Nc1ccc(-c2cn3ncnc4c3c2-c2ccc(Oc3cccc(C)n3)cc2CN4)cc1. The molecule has 176 valence electrons. The summed E-state index contributed by atoms with van der Waals surface area (Å²) < 4.78 is 7.90. The Hall–Kier alpha value is -4.98. The molecule has 2 N–H and O–H groups in total. The van der Waals surface area contributed by atoms with Gasteiger partial charge in [0.2, 0.25) is 11.8 Å². The van der Waals surface area contributed by atoms with Gasteiger partial charge in [-0.25, -0.2) is 14.5 Å². The Balaban J connectivity index is 1.45. The number of aryl methyl sites for hydroxylation is 1. The van der Waals surface area contributed by atoms with Crippen LogP contribution in [0.25, 0.3) is 27.8 Å². The fourth-order valence-electron chi connectivity index (χ4n) is 4.46. The lowest BCUT2D eigenvalue weighted by molar-refractivity contribution is -0.111. The first-order valence-corrected chi connectivity index (χ1v) is 11.5. The summed E-state index contributed by atoms with van der Waals surface area (Å²) in [5.74, 6) is 1.79. The second kappa shape index (κ2) is 8.66. The van der Waals surface area contributed by atoms with Crippen molar-refractivity contribution in [2.24, 2.45) is 0 Å². The summed E-state index contributed by atoms with van der Waals surface area (Å²) in [6.45, 7) is 6.02. The predicted molar refractivity (Wildman–Crippen MR) is 139 cm³/mol. The molecule has 5 aromatic rings. The zero-order valence-electron chi connectivity index (χ0n) is 19.5.